The van der Waals surface area contributed by atoms with Gasteiger partial charge in [-0.15, -0.1) is 0 Å². The molecule has 7 nitrogen and oxygen atoms in total. The van der Waals surface area contributed by atoms with Crippen LogP contribution in [0.3, 0.4) is 0 Å². The number of nitrogens with two attached hydrogens (primary N) is 1. The Bertz CT molecular complexity index is 390. The second kappa shape index (κ2) is 5.17. The quantitative estimate of drug-likeness (QED) is 0.440. The predicted octanol–water partition coefficient (Wildman–Crippen LogP) is 0.0326. The average Bonchev–Trinajstić information content (AvgIpc) is 2.28. The minimum absolute atomic E-state index is 0.101. The van der Waals surface area contributed by atoms with Crippen molar-refractivity contribution in [1.82, 2.24) is 4.98 Å². The minimum Gasteiger partial charge on any atom is -0.468 e. The van der Waals surface area contributed by atoms with Crippen LogP contribution in [-0.4, -0.2) is 29.0 Å². The van der Waals surface area contributed by atoms with E-state index in [2.05, 4.69) is 9.72 Å². The van der Waals surface area contributed by atoms with E-state index in [1.54, 1.807) is 0 Å². The van der Waals surface area contributed by atoms with E-state index in [4.69, 9.17) is 5.73 Å². The van der Waals surface area contributed by atoms with Gasteiger partial charge in [-0.25, -0.2) is 0 Å². The fraction of sp³-hybridized carbons (Fsp3) is 0.333. The summed E-state index contributed by atoms with van der Waals surface area (Å²) in [4.78, 5) is 24.6. The van der Waals surface area contributed by atoms with Crippen LogP contribution in [0, 0.1) is 10.1 Å². The van der Waals surface area contributed by atoms with E-state index in [1.165, 1.54) is 19.2 Å². The number of nitrogens with zero attached hydrogens (tertiary/aromatic N) is 2. The summed E-state index contributed by atoms with van der Waals surface area (Å²) >= 11 is 0. The summed E-state index contributed by atoms with van der Waals surface area (Å²) in [5, 5.41) is 10.4. The molecule has 0 saturated carbocycles. The number of esters is 1. The van der Waals surface area contributed by atoms with Crippen molar-refractivity contribution in [3.63, 3.8) is 0 Å². The molecule has 1 atom stereocenters. The van der Waals surface area contributed by atoms with Crippen LogP contribution in [0.2, 0.25) is 0 Å². The summed E-state index contributed by atoms with van der Waals surface area (Å²) in [5.74, 6) is -0.542. The van der Waals surface area contributed by atoms with Crippen molar-refractivity contribution in [3.8, 4) is 0 Å². The summed E-state index contributed by atoms with van der Waals surface area (Å²) < 4.78 is 4.45. The highest BCUT2D eigenvalue weighted by atomic mass is 16.6. The van der Waals surface area contributed by atoms with Crippen LogP contribution in [-0.2, 0) is 16.0 Å². The van der Waals surface area contributed by atoms with Crippen molar-refractivity contribution in [2.75, 3.05) is 7.11 Å². The highest BCUT2D eigenvalue weighted by Gasteiger charge is 2.15. The Labute approximate surface area is 91.4 Å². The first-order valence-electron chi connectivity index (χ1n) is 4.47. The van der Waals surface area contributed by atoms with Crippen LogP contribution in [0.4, 0.5) is 5.69 Å². The molecule has 0 aromatic carbocycles. The highest BCUT2D eigenvalue weighted by molar-refractivity contribution is 5.75. The number of rotatable bonds is 4. The molecule has 16 heavy (non-hydrogen) atoms. The lowest BCUT2D eigenvalue weighted by Gasteiger charge is -2.07. The molecular weight excluding hydrogens is 214 g/mol. The maximum absolute atomic E-state index is 11.0. The average molecular weight is 225 g/mol. The largest absolute Gasteiger partial charge is 0.468 e. The van der Waals surface area contributed by atoms with Crippen LogP contribution in [0.1, 0.15) is 5.69 Å². The van der Waals surface area contributed by atoms with Crippen molar-refractivity contribution in [3.05, 3.63) is 34.1 Å². The summed E-state index contributed by atoms with van der Waals surface area (Å²) in [6, 6.07) is 1.96. The Hall–Kier alpha value is -2.02. The van der Waals surface area contributed by atoms with Crippen LogP contribution >= 0.6 is 0 Å². The maximum atomic E-state index is 11.0. The second-order valence-corrected chi connectivity index (χ2v) is 3.10. The van der Waals surface area contributed by atoms with E-state index in [0.29, 0.717) is 5.69 Å². The normalized spacial score (nSPS) is 11.9. The topological polar surface area (TPSA) is 108 Å². The Morgan fingerprint density at radius 3 is 2.81 bits per heavy atom. The third kappa shape index (κ3) is 2.99. The first-order valence-corrected chi connectivity index (χ1v) is 4.47. The van der Waals surface area contributed by atoms with Crippen LogP contribution in [0.15, 0.2) is 18.3 Å². The van der Waals surface area contributed by atoms with E-state index in [0.717, 1.165) is 6.20 Å². The maximum Gasteiger partial charge on any atom is 0.323 e. The first kappa shape index (κ1) is 12.1. The lowest BCUT2D eigenvalue weighted by atomic mass is 10.1. The number of pyridine rings is 1. The lowest BCUT2D eigenvalue weighted by Crippen LogP contribution is -2.33. The molecule has 0 bridgehead atoms. The number of carbonyl (C=O) groups is 1. The molecule has 0 aliphatic carbocycles. The molecule has 1 heterocycles. The smallest absolute Gasteiger partial charge is 0.323 e. The number of nitro groups is 1. The Morgan fingerprint density at radius 1 is 1.69 bits per heavy atom. The van der Waals surface area contributed by atoms with Gasteiger partial charge in [0.05, 0.1) is 12.0 Å². The third-order valence-corrected chi connectivity index (χ3v) is 1.95. The Morgan fingerprint density at radius 2 is 2.38 bits per heavy atom. The van der Waals surface area contributed by atoms with E-state index in [9.17, 15) is 14.9 Å². The number of aromatic nitrogens is 1. The van der Waals surface area contributed by atoms with Crippen LogP contribution in [0.5, 0.6) is 0 Å². The van der Waals surface area contributed by atoms with Gasteiger partial charge < -0.3 is 10.5 Å². The minimum atomic E-state index is -0.807. The van der Waals surface area contributed by atoms with Gasteiger partial charge in [-0.05, 0) is 6.07 Å². The van der Waals surface area contributed by atoms with Gasteiger partial charge in [0, 0.05) is 18.2 Å². The molecule has 0 amide bonds. The molecule has 7 heteroatoms. The number of carbonyl (C=O) groups excluding carboxylic acids is 1. The summed E-state index contributed by atoms with van der Waals surface area (Å²) in [6.07, 6.45) is 1.31. The van der Waals surface area contributed by atoms with Crippen molar-refractivity contribution in [1.29, 1.82) is 0 Å². The van der Waals surface area contributed by atoms with Gasteiger partial charge in [-0.3, -0.25) is 19.9 Å². The predicted molar refractivity (Wildman–Crippen MR) is 54.6 cm³/mol. The molecule has 1 rings (SSSR count). The van der Waals surface area contributed by atoms with Gasteiger partial charge in [-0.2, -0.15) is 0 Å². The van der Waals surface area contributed by atoms with Crippen molar-refractivity contribution >= 4 is 11.7 Å². The SMILES string of the molecule is COC(=O)[C@@H](N)Cc1ccc([N+](=O)[O-])cn1. The second-order valence-electron chi connectivity index (χ2n) is 3.10. The van der Waals surface area contributed by atoms with Crippen molar-refractivity contribution < 1.29 is 14.5 Å². The monoisotopic (exact) mass is 225 g/mol. The summed E-state index contributed by atoms with van der Waals surface area (Å²) in [6.45, 7) is 0. The molecule has 0 aliphatic heterocycles. The molecule has 1 aromatic rings. The summed E-state index contributed by atoms with van der Waals surface area (Å²) in [7, 11) is 1.24. The molecule has 0 fully saturated rings. The van der Waals surface area contributed by atoms with Crippen LogP contribution < -0.4 is 5.73 Å². The zero-order valence-electron chi connectivity index (χ0n) is 8.62. The summed E-state index contributed by atoms with van der Waals surface area (Å²) in [5.41, 5.74) is 5.91. The first-order chi connectivity index (χ1) is 7.54. The number of hydrogen-bond donors (Lipinski definition) is 1. The van der Waals surface area contributed by atoms with E-state index >= 15 is 0 Å². The molecule has 1 aromatic heterocycles. The number of hydrogen-bond acceptors (Lipinski definition) is 6. The molecule has 0 unspecified atom stereocenters. The fourth-order valence-electron chi connectivity index (χ4n) is 1.11. The van der Waals surface area contributed by atoms with Gasteiger partial charge in [0.2, 0.25) is 0 Å². The van der Waals surface area contributed by atoms with Crippen LogP contribution in [0.25, 0.3) is 0 Å². The zero-order valence-corrected chi connectivity index (χ0v) is 8.62. The number of ether oxygens (including phenoxy) is 1. The standard InChI is InChI=1S/C9H11N3O4/c1-16-9(13)8(10)4-6-2-3-7(5-11-6)12(14)15/h2-3,5,8H,4,10H2,1H3/t8-/m0/s1. The highest BCUT2D eigenvalue weighted by Crippen LogP contribution is 2.09. The molecule has 0 aliphatic rings. The van der Waals surface area contributed by atoms with Gasteiger partial charge in [0.15, 0.2) is 0 Å². The van der Waals surface area contributed by atoms with E-state index < -0.39 is 16.9 Å². The zero-order chi connectivity index (χ0) is 12.1. The molecule has 86 valence electrons. The molecule has 0 saturated heterocycles. The van der Waals surface area contributed by atoms with Crippen molar-refractivity contribution in [2.45, 2.75) is 12.5 Å². The molecular formula is C9H11N3O4. The molecule has 0 radical (unpaired) electrons. The number of methoxy groups -OCH3 is 1. The van der Waals surface area contributed by atoms with Gasteiger partial charge in [0.25, 0.3) is 5.69 Å². The van der Waals surface area contributed by atoms with Crippen molar-refractivity contribution in [2.24, 2.45) is 5.73 Å². The van der Waals surface area contributed by atoms with Gasteiger partial charge in [0.1, 0.15) is 12.2 Å². The Kier molecular flexibility index (Phi) is 3.90. The molecule has 0 spiro atoms. The third-order valence-electron chi connectivity index (χ3n) is 1.95. The molecule has 2 N–H and O–H groups in total. The van der Waals surface area contributed by atoms with E-state index in [-0.39, 0.29) is 12.1 Å². The van der Waals surface area contributed by atoms with E-state index in [1.807, 2.05) is 0 Å². The van der Waals surface area contributed by atoms with Gasteiger partial charge >= 0.3 is 5.97 Å². The van der Waals surface area contributed by atoms with Gasteiger partial charge in [-0.1, -0.05) is 0 Å². The lowest BCUT2D eigenvalue weighted by molar-refractivity contribution is -0.385. The Balaban J connectivity index is 2.68. The fourth-order valence-corrected chi connectivity index (χ4v) is 1.11.